The SMILES string of the molecule is CNCC(=O)NCCSSCCNC(=O)CNC. The third kappa shape index (κ3) is 12.0. The van der Waals surface area contributed by atoms with E-state index >= 15 is 0 Å². The molecule has 0 spiro atoms. The summed E-state index contributed by atoms with van der Waals surface area (Å²) in [5.41, 5.74) is 0. The van der Waals surface area contributed by atoms with Crippen molar-refractivity contribution in [1.29, 1.82) is 0 Å². The molecule has 18 heavy (non-hydrogen) atoms. The van der Waals surface area contributed by atoms with Crippen LogP contribution in [0.4, 0.5) is 0 Å². The van der Waals surface area contributed by atoms with Crippen molar-refractivity contribution >= 4 is 33.4 Å². The summed E-state index contributed by atoms with van der Waals surface area (Å²) in [4.78, 5) is 22.1. The monoisotopic (exact) mass is 294 g/mol. The Hall–Kier alpha value is -0.440. The molecule has 0 bridgehead atoms. The minimum Gasteiger partial charge on any atom is -0.354 e. The van der Waals surface area contributed by atoms with E-state index in [1.54, 1.807) is 35.7 Å². The van der Waals surface area contributed by atoms with Gasteiger partial charge in [-0.05, 0) is 14.1 Å². The number of nitrogens with one attached hydrogen (secondary N) is 4. The van der Waals surface area contributed by atoms with Gasteiger partial charge >= 0.3 is 0 Å². The van der Waals surface area contributed by atoms with Crippen LogP contribution in [0.5, 0.6) is 0 Å². The lowest BCUT2D eigenvalue weighted by atomic mass is 10.5. The fourth-order valence-corrected chi connectivity index (χ4v) is 2.84. The van der Waals surface area contributed by atoms with E-state index in [2.05, 4.69) is 21.3 Å². The largest absolute Gasteiger partial charge is 0.354 e. The normalized spacial score (nSPS) is 10.1. The van der Waals surface area contributed by atoms with Crippen molar-refractivity contribution in [3.63, 3.8) is 0 Å². The lowest BCUT2D eigenvalue weighted by molar-refractivity contribution is -0.120. The zero-order valence-corrected chi connectivity index (χ0v) is 12.5. The molecule has 6 nitrogen and oxygen atoms in total. The quantitative estimate of drug-likeness (QED) is 0.290. The van der Waals surface area contributed by atoms with Crippen LogP contribution in [0, 0.1) is 0 Å². The molecule has 106 valence electrons. The zero-order valence-electron chi connectivity index (χ0n) is 10.9. The minimum absolute atomic E-state index is 0.0161. The van der Waals surface area contributed by atoms with E-state index in [1.165, 1.54) is 0 Å². The van der Waals surface area contributed by atoms with Gasteiger partial charge in [0.15, 0.2) is 0 Å². The van der Waals surface area contributed by atoms with Crippen LogP contribution in [0.1, 0.15) is 0 Å². The molecule has 8 heteroatoms. The summed E-state index contributed by atoms with van der Waals surface area (Å²) >= 11 is 0. The Morgan fingerprint density at radius 3 is 1.56 bits per heavy atom. The van der Waals surface area contributed by atoms with Crippen LogP contribution in [0.2, 0.25) is 0 Å². The first-order valence-corrected chi connectivity index (χ1v) is 8.26. The molecule has 0 saturated heterocycles. The summed E-state index contributed by atoms with van der Waals surface area (Å²) < 4.78 is 0. The molecule has 0 radical (unpaired) electrons. The second kappa shape index (κ2) is 13.0. The van der Waals surface area contributed by atoms with E-state index in [-0.39, 0.29) is 11.8 Å². The second-order valence-electron chi connectivity index (χ2n) is 3.40. The molecule has 4 N–H and O–H groups in total. The van der Waals surface area contributed by atoms with Crippen LogP contribution in [-0.2, 0) is 9.59 Å². The molecule has 0 fully saturated rings. The third-order valence-corrected chi connectivity index (χ3v) is 4.18. The molecular weight excluding hydrogens is 272 g/mol. The summed E-state index contributed by atoms with van der Waals surface area (Å²) in [6.07, 6.45) is 0. The Morgan fingerprint density at radius 2 is 1.22 bits per heavy atom. The number of hydrogen-bond acceptors (Lipinski definition) is 6. The highest BCUT2D eigenvalue weighted by Gasteiger charge is 1.99. The average Bonchev–Trinajstić information content (AvgIpc) is 2.33. The maximum absolute atomic E-state index is 11.1. The first-order chi connectivity index (χ1) is 8.70. The molecule has 0 atom stereocenters. The predicted molar refractivity (Wildman–Crippen MR) is 78.8 cm³/mol. The number of amides is 2. The molecule has 0 aromatic rings. The summed E-state index contributed by atoms with van der Waals surface area (Å²) in [5.74, 6) is 1.76. The van der Waals surface area contributed by atoms with Crippen molar-refractivity contribution in [2.45, 2.75) is 0 Å². The van der Waals surface area contributed by atoms with Gasteiger partial charge in [-0.3, -0.25) is 9.59 Å². The van der Waals surface area contributed by atoms with E-state index in [0.717, 1.165) is 11.5 Å². The maximum Gasteiger partial charge on any atom is 0.233 e. The van der Waals surface area contributed by atoms with E-state index in [4.69, 9.17) is 0 Å². The highest BCUT2D eigenvalue weighted by Crippen LogP contribution is 2.19. The Morgan fingerprint density at radius 1 is 0.833 bits per heavy atom. The van der Waals surface area contributed by atoms with E-state index in [0.29, 0.717) is 26.2 Å². The first-order valence-electron chi connectivity index (χ1n) is 5.77. The fraction of sp³-hybridized carbons (Fsp3) is 0.800. The summed E-state index contributed by atoms with van der Waals surface area (Å²) in [6, 6.07) is 0. The lowest BCUT2D eigenvalue weighted by Gasteiger charge is -2.05. The molecule has 0 aromatic carbocycles. The molecule has 0 unspecified atom stereocenters. The highest BCUT2D eigenvalue weighted by atomic mass is 33.1. The van der Waals surface area contributed by atoms with Gasteiger partial charge in [-0.25, -0.2) is 0 Å². The van der Waals surface area contributed by atoms with Gasteiger partial charge < -0.3 is 21.3 Å². The molecule has 0 aliphatic rings. The lowest BCUT2D eigenvalue weighted by Crippen LogP contribution is -2.33. The predicted octanol–water partition coefficient (Wildman–Crippen LogP) is -0.961. The Labute approximate surface area is 116 Å². The molecule has 0 rings (SSSR count). The number of hydrogen-bond donors (Lipinski definition) is 4. The molecule has 2 amide bonds. The van der Waals surface area contributed by atoms with Gasteiger partial charge in [0.25, 0.3) is 0 Å². The van der Waals surface area contributed by atoms with Crippen LogP contribution in [0.3, 0.4) is 0 Å². The number of carbonyl (C=O) groups excluding carboxylic acids is 2. The van der Waals surface area contributed by atoms with Crippen molar-refractivity contribution < 1.29 is 9.59 Å². The van der Waals surface area contributed by atoms with Gasteiger partial charge in [-0.1, -0.05) is 21.6 Å². The molecule has 0 aliphatic carbocycles. The fourth-order valence-electron chi connectivity index (χ4n) is 1.03. The third-order valence-electron chi connectivity index (χ3n) is 1.77. The van der Waals surface area contributed by atoms with Gasteiger partial charge in [-0.2, -0.15) is 0 Å². The van der Waals surface area contributed by atoms with Crippen LogP contribution < -0.4 is 21.3 Å². The Balaban J connectivity index is 3.16. The van der Waals surface area contributed by atoms with Crippen LogP contribution in [-0.4, -0.2) is 63.6 Å². The minimum atomic E-state index is 0.0161. The summed E-state index contributed by atoms with van der Waals surface area (Å²) in [5, 5.41) is 11.2. The van der Waals surface area contributed by atoms with E-state index in [1.807, 2.05) is 0 Å². The van der Waals surface area contributed by atoms with Crippen LogP contribution in [0.15, 0.2) is 0 Å². The maximum atomic E-state index is 11.1. The zero-order chi connectivity index (χ0) is 13.6. The first kappa shape index (κ1) is 17.6. The van der Waals surface area contributed by atoms with Crippen molar-refractivity contribution in [2.24, 2.45) is 0 Å². The number of rotatable bonds is 11. The van der Waals surface area contributed by atoms with Gasteiger partial charge in [0.05, 0.1) is 13.1 Å². The van der Waals surface area contributed by atoms with E-state index in [9.17, 15) is 9.59 Å². The Kier molecular flexibility index (Phi) is 12.7. The van der Waals surface area contributed by atoms with Crippen LogP contribution in [0.25, 0.3) is 0 Å². The molecule has 0 heterocycles. The van der Waals surface area contributed by atoms with E-state index < -0.39 is 0 Å². The second-order valence-corrected chi connectivity index (χ2v) is 6.11. The van der Waals surface area contributed by atoms with Gasteiger partial charge in [0, 0.05) is 24.6 Å². The van der Waals surface area contributed by atoms with Crippen molar-refractivity contribution in [1.82, 2.24) is 21.3 Å². The average molecular weight is 294 g/mol. The molecule has 0 saturated carbocycles. The van der Waals surface area contributed by atoms with Gasteiger partial charge in [0.2, 0.25) is 11.8 Å². The number of carbonyl (C=O) groups is 2. The summed E-state index contributed by atoms with van der Waals surface area (Å²) in [7, 11) is 6.87. The molecule has 0 aliphatic heterocycles. The van der Waals surface area contributed by atoms with Crippen LogP contribution >= 0.6 is 21.6 Å². The molecular formula is C10H22N4O2S2. The molecule has 0 aromatic heterocycles. The standard InChI is InChI=1S/C10H22N4O2S2/c1-11-7-9(15)13-3-5-17-18-6-4-14-10(16)8-12-2/h11-12H,3-8H2,1-2H3,(H,13,15)(H,14,16). The van der Waals surface area contributed by atoms with Crippen molar-refractivity contribution in [3.8, 4) is 0 Å². The number of likely N-dealkylation sites (N-methyl/N-ethyl adjacent to an activating group) is 2. The smallest absolute Gasteiger partial charge is 0.233 e. The van der Waals surface area contributed by atoms with Crippen molar-refractivity contribution in [2.75, 3.05) is 51.8 Å². The summed E-state index contributed by atoms with van der Waals surface area (Å²) in [6.45, 7) is 2.05. The topological polar surface area (TPSA) is 82.3 Å². The van der Waals surface area contributed by atoms with Gasteiger partial charge in [-0.15, -0.1) is 0 Å². The van der Waals surface area contributed by atoms with Gasteiger partial charge in [0.1, 0.15) is 0 Å². The highest BCUT2D eigenvalue weighted by molar-refractivity contribution is 8.76. The Bertz CT molecular complexity index is 218. The van der Waals surface area contributed by atoms with Crippen molar-refractivity contribution in [3.05, 3.63) is 0 Å².